The molecule has 4 aromatic rings. The Morgan fingerprint density at radius 3 is 2.53 bits per heavy atom. The molecule has 174 valence electrons. The molecule has 2 aromatic carbocycles. The molecule has 0 bridgehead atoms. The molecule has 10 nitrogen and oxygen atoms in total. The lowest BCUT2D eigenvalue weighted by Crippen LogP contribution is -2.38. The third-order valence-electron chi connectivity index (χ3n) is 5.37. The minimum absolute atomic E-state index is 0.0384. The van der Waals surface area contributed by atoms with Crippen LogP contribution in [0.15, 0.2) is 52.9 Å². The number of carbonyl (C=O) groups is 2. The molecular weight excluding hydrogens is 480 g/mol. The molecule has 0 saturated carbocycles. The second kappa shape index (κ2) is 7.99. The van der Waals surface area contributed by atoms with Gasteiger partial charge in [-0.15, -0.1) is 21.5 Å². The first-order chi connectivity index (χ1) is 16.1. The molecule has 2 aromatic heterocycles. The number of sulfone groups is 1. The van der Waals surface area contributed by atoms with Gasteiger partial charge in [0.25, 0.3) is 5.91 Å². The minimum Gasteiger partial charge on any atom is -0.432 e. The molecule has 2 amide bonds. The van der Waals surface area contributed by atoms with E-state index in [4.69, 9.17) is 9.15 Å². The van der Waals surface area contributed by atoms with E-state index in [1.54, 1.807) is 0 Å². The van der Waals surface area contributed by atoms with Gasteiger partial charge in [0.15, 0.2) is 20.7 Å². The Morgan fingerprint density at radius 1 is 1.09 bits per heavy atom. The monoisotopic (exact) mass is 498 g/mol. The zero-order valence-electron chi connectivity index (χ0n) is 18.0. The van der Waals surface area contributed by atoms with Crippen LogP contribution in [0.3, 0.4) is 0 Å². The van der Waals surface area contributed by atoms with Crippen LogP contribution in [0.5, 0.6) is 0 Å². The van der Waals surface area contributed by atoms with Crippen molar-refractivity contribution in [2.75, 3.05) is 6.26 Å². The average Bonchev–Trinajstić information content (AvgIpc) is 3.45. The molecular formula is C22H18N4O6S2. The van der Waals surface area contributed by atoms with Crippen LogP contribution in [0.4, 0.5) is 4.79 Å². The van der Waals surface area contributed by atoms with E-state index in [1.165, 1.54) is 18.3 Å². The Hall–Kier alpha value is -3.64. The van der Waals surface area contributed by atoms with E-state index in [-0.39, 0.29) is 23.2 Å². The zero-order valence-corrected chi connectivity index (χ0v) is 19.6. The number of hydrogen-bond acceptors (Lipinski definition) is 10. The fourth-order valence-electron chi connectivity index (χ4n) is 3.69. The summed E-state index contributed by atoms with van der Waals surface area (Å²) >= 11 is 1.23. The largest absolute Gasteiger partial charge is 0.432 e. The summed E-state index contributed by atoms with van der Waals surface area (Å²) in [5, 5.41) is 8.84. The Labute approximate surface area is 197 Å². The van der Waals surface area contributed by atoms with Crippen molar-refractivity contribution in [3.8, 4) is 11.1 Å². The van der Waals surface area contributed by atoms with Gasteiger partial charge < -0.3 is 9.15 Å². The third kappa shape index (κ3) is 4.05. The summed E-state index contributed by atoms with van der Waals surface area (Å²) in [7, 11) is -3.74. The molecule has 2 atom stereocenters. The molecule has 12 heteroatoms. The molecule has 1 aliphatic heterocycles. The Morgan fingerprint density at radius 2 is 1.85 bits per heavy atom. The smallest absolute Gasteiger partial charge is 0.415 e. The highest BCUT2D eigenvalue weighted by atomic mass is 32.2. The fourth-order valence-corrected chi connectivity index (χ4v) is 6.22. The zero-order chi connectivity index (χ0) is 24.1. The Kier molecular flexibility index (Phi) is 5.21. The molecule has 1 unspecified atom stereocenters. The van der Waals surface area contributed by atoms with Gasteiger partial charge in [0.1, 0.15) is 5.01 Å². The van der Waals surface area contributed by atoms with Crippen LogP contribution in [0.2, 0.25) is 0 Å². The topological polar surface area (TPSA) is 141 Å². The number of rotatable bonds is 6. The predicted octanol–water partition coefficient (Wildman–Crippen LogP) is 3.05. The van der Waals surface area contributed by atoms with Gasteiger partial charge in [-0.2, -0.15) is 0 Å². The van der Waals surface area contributed by atoms with Crippen LogP contribution in [-0.4, -0.2) is 47.5 Å². The van der Waals surface area contributed by atoms with E-state index in [0.717, 1.165) is 22.1 Å². The van der Waals surface area contributed by atoms with Crippen molar-refractivity contribution >= 4 is 43.4 Å². The van der Waals surface area contributed by atoms with Gasteiger partial charge in [0, 0.05) is 6.26 Å². The average molecular weight is 499 g/mol. The van der Waals surface area contributed by atoms with Crippen LogP contribution in [0.1, 0.15) is 29.0 Å². The van der Waals surface area contributed by atoms with E-state index >= 15 is 0 Å². The van der Waals surface area contributed by atoms with E-state index in [0.29, 0.717) is 5.52 Å². The van der Waals surface area contributed by atoms with Crippen LogP contribution < -0.4 is 5.32 Å². The number of amides is 2. The van der Waals surface area contributed by atoms with Gasteiger partial charge in [0.05, 0.1) is 16.6 Å². The highest BCUT2D eigenvalue weighted by Gasteiger charge is 2.46. The van der Waals surface area contributed by atoms with Gasteiger partial charge in [-0.1, -0.05) is 36.4 Å². The van der Waals surface area contributed by atoms with Gasteiger partial charge in [0.2, 0.25) is 11.8 Å². The standard InChI is InChI=1S/C22H18N4O6S2/c1-22(20(27)24-21(28)32-22)11-16-25-26-18(31-16)17(34(2,29)30)19-23-14-9-8-13(10-15(14)33-19)12-6-4-3-5-7-12/h3-10,17H,11H2,1-2H3,(H,24,27,28)/t17?,22-/m1/s1. The Bertz CT molecular complexity index is 1530. The van der Waals surface area contributed by atoms with Crippen molar-refractivity contribution in [3.63, 3.8) is 0 Å². The number of alkyl carbamates (subject to hydrolysis) is 1. The lowest BCUT2D eigenvalue weighted by Gasteiger charge is -2.16. The molecule has 3 heterocycles. The van der Waals surface area contributed by atoms with Crippen molar-refractivity contribution < 1.29 is 27.2 Å². The fraction of sp³-hybridized carbons (Fsp3) is 0.227. The van der Waals surface area contributed by atoms with Crippen molar-refractivity contribution in [2.45, 2.75) is 24.2 Å². The van der Waals surface area contributed by atoms with E-state index in [9.17, 15) is 18.0 Å². The second-order valence-corrected chi connectivity index (χ2v) is 11.3. The summed E-state index contributed by atoms with van der Waals surface area (Å²) in [6, 6.07) is 15.5. The number of nitrogens with zero attached hydrogens (tertiary/aromatic N) is 3. The van der Waals surface area contributed by atoms with Crippen LogP contribution in [0.25, 0.3) is 21.3 Å². The number of ether oxygens (including phenoxy) is 1. The normalized spacial score (nSPS) is 19.2. The first kappa shape index (κ1) is 22.2. The summed E-state index contributed by atoms with van der Waals surface area (Å²) < 4.78 is 36.9. The molecule has 0 spiro atoms. The molecule has 1 fully saturated rings. The quantitative estimate of drug-likeness (QED) is 0.424. The van der Waals surface area contributed by atoms with Crippen molar-refractivity contribution in [1.82, 2.24) is 20.5 Å². The molecule has 1 N–H and O–H groups in total. The summed E-state index contributed by atoms with van der Waals surface area (Å²) in [6.07, 6.45) is -0.00390. The first-order valence-corrected chi connectivity index (χ1v) is 12.9. The molecule has 5 rings (SSSR count). The van der Waals surface area contributed by atoms with Crippen LogP contribution in [0, 0.1) is 0 Å². The van der Waals surface area contributed by atoms with E-state index in [1.807, 2.05) is 53.8 Å². The maximum atomic E-state index is 12.7. The SMILES string of the molecule is C[C@]1(Cc2nnc(C(c3nc4ccc(-c5ccccc5)cc4s3)S(C)(=O)=O)o2)OC(=O)NC1=O. The number of fused-ring (bicyclic) bond motifs is 1. The number of cyclic esters (lactones) is 1. The summed E-state index contributed by atoms with van der Waals surface area (Å²) in [4.78, 5) is 27.9. The molecule has 1 saturated heterocycles. The highest BCUT2D eigenvalue weighted by Crippen LogP contribution is 2.36. The maximum Gasteiger partial charge on any atom is 0.415 e. The first-order valence-electron chi connectivity index (χ1n) is 10.1. The summed E-state index contributed by atoms with van der Waals surface area (Å²) in [5.41, 5.74) is 1.14. The van der Waals surface area contributed by atoms with E-state index in [2.05, 4.69) is 15.2 Å². The summed E-state index contributed by atoms with van der Waals surface area (Å²) in [6.45, 7) is 1.41. The van der Waals surface area contributed by atoms with Gasteiger partial charge in [-0.05, 0) is 30.2 Å². The molecule has 0 radical (unpaired) electrons. The second-order valence-electron chi connectivity index (χ2n) is 8.10. The summed E-state index contributed by atoms with van der Waals surface area (Å²) in [5.74, 6) is -0.853. The third-order valence-corrected chi connectivity index (χ3v) is 7.89. The number of hydrogen-bond donors (Lipinski definition) is 1. The van der Waals surface area contributed by atoms with Crippen molar-refractivity contribution in [3.05, 3.63) is 65.3 Å². The number of benzene rings is 2. The van der Waals surface area contributed by atoms with E-state index < -0.39 is 32.7 Å². The highest BCUT2D eigenvalue weighted by molar-refractivity contribution is 7.91. The lowest BCUT2D eigenvalue weighted by atomic mass is 10.0. The number of imide groups is 1. The maximum absolute atomic E-state index is 12.7. The molecule has 1 aliphatic rings. The number of thiazole rings is 1. The predicted molar refractivity (Wildman–Crippen MR) is 123 cm³/mol. The van der Waals surface area contributed by atoms with Crippen molar-refractivity contribution in [1.29, 1.82) is 0 Å². The number of nitrogens with one attached hydrogen (secondary N) is 1. The van der Waals surface area contributed by atoms with Crippen LogP contribution in [-0.2, 0) is 25.8 Å². The lowest BCUT2D eigenvalue weighted by molar-refractivity contribution is -0.130. The van der Waals surface area contributed by atoms with Gasteiger partial charge in [-0.3, -0.25) is 10.1 Å². The Balaban J connectivity index is 1.49. The van der Waals surface area contributed by atoms with Crippen LogP contribution >= 0.6 is 11.3 Å². The number of carbonyl (C=O) groups excluding carboxylic acids is 2. The number of aromatic nitrogens is 3. The molecule has 34 heavy (non-hydrogen) atoms. The van der Waals surface area contributed by atoms with Gasteiger partial charge >= 0.3 is 6.09 Å². The van der Waals surface area contributed by atoms with Crippen molar-refractivity contribution in [2.24, 2.45) is 0 Å². The molecule has 0 aliphatic carbocycles. The minimum atomic E-state index is -3.74. The van der Waals surface area contributed by atoms with Gasteiger partial charge in [-0.25, -0.2) is 18.2 Å².